The SMILES string of the molecule is NC1CCC(NC(=O)C2N(C(=O)c3ccc(Cl)cc3)CCCN2S(=O)(=O)c2cccs2)CC1. The highest BCUT2D eigenvalue weighted by atomic mass is 35.5. The first-order valence-electron chi connectivity index (χ1n) is 10.9. The zero-order valence-corrected chi connectivity index (χ0v) is 20.4. The van der Waals surface area contributed by atoms with Gasteiger partial charge < -0.3 is 16.0 Å². The molecule has 1 saturated carbocycles. The van der Waals surface area contributed by atoms with Crippen LogP contribution in [0, 0.1) is 0 Å². The van der Waals surface area contributed by atoms with Crippen molar-refractivity contribution in [1.29, 1.82) is 0 Å². The van der Waals surface area contributed by atoms with Crippen LogP contribution >= 0.6 is 22.9 Å². The standard InChI is InChI=1S/C22H27ClN4O4S2/c23-16-6-4-15(5-7-16)22(29)26-12-2-13-27(33(30,31)19-3-1-14-32-19)21(26)20(28)25-18-10-8-17(24)9-11-18/h1,3-7,14,17-18,21H,2,8-13,24H2,(H,25,28). The predicted molar refractivity (Wildman–Crippen MR) is 127 cm³/mol. The Labute approximate surface area is 202 Å². The van der Waals surface area contributed by atoms with E-state index in [2.05, 4.69) is 5.32 Å². The van der Waals surface area contributed by atoms with Crippen LogP contribution in [0.5, 0.6) is 0 Å². The Bertz CT molecular complexity index is 1080. The molecular weight excluding hydrogens is 484 g/mol. The summed E-state index contributed by atoms with van der Waals surface area (Å²) in [7, 11) is -3.96. The Morgan fingerprint density at radius 1 is 1.06 bits per heavy atom. The molecule has 2 amide bonds. The summed E-state index contributed by atoms with van der Waals surface area (Å²) in [5, 5.41) is 5.15. The molecule has 2 fully saturated rings. The van der Waals surface area contributed by atoms with Crippen molar-refractivity contribution >= 4 is 44.8 Å². The highest BCUT2D eigenvalue weighted by molar-refractivity contribution is 7.91. The monoisotopic (exact) mass is 510 g/mol. The van der Waals surface area contributed by atoms with Gasteiger partial charge in [0.25, 0.3) is 21.8 Å². The number of amides is 2. The summed E-state index contributed by atoms with van der Waals surface area (Å²) in [6, 6.07) is 9.53. The lowest BCUT2D eigenvalue weighted by atomic mass is 9.92. The molecule has 1 unspecified atom stereocenters. The molecule has 178 valence electrons. The Kier molecular flexibility index (Phi) is 7.40. The van der Waals surface area contributed by atoms with Crippen LogP contribution in [0.1, 0.15) is 42.5 Å². The number of nitrogens with two attached hydrogens (primary N) is 1. The van der Waals surface area contributed by atoms with Crippen molar-refractivity contribution in [2.45, 2.75) is 54.6 Å². The molecule has 2 aromatic rings. The number of sulfonamides is 1. The fraction of sp³-hybridized carbons (Fsp3) is 0.455. The first-order chi connectivity index (χ1) is 15.8. The van der Waals surface area contributed by atoms with E-state index in [0.717, 1.165) is 41.3 Å². The molecule has 1 saturated heterocycles. The van der Waals surface area contributed by atoms with Crippen molar-refractivity contribution in [3.63, 3.8) is 0 Å². The van der Waals surface area contributed by atoms with Gasteiger partial charge in [-0.1, -0.05) is 17.7 Å². The maximum Gasteiger partial charge on any atom is 0.259 e. The molecule has 1 aliphatic heterocycles. The van der Waals surface area contributed by atoms with E-state index in [-0.39, 0.29) is 29.4 Å². The number of hydrogen-bond donors (Lipinski definition) is 2. The molecule has 3 N–H and O–H groups in total. The van der Waals surface area contributed by atoms with Crippen molar-refractivity contribution in [1.82, 2.24) is 14.5 Å². The number of carbonyl (C=O) groups excluding carboxylic acids is 2. The molecule has 11 heteroatoms. The Morgan fingerprint density at radius 3 is 2.39 bits per heavy atom. The van der Waals surface area contributed by atoms with Crippen molar-refractivity contribution in [2.24, 2.45) is 5.73 Å². The van der Waals surface area contributed by atoms with Gasteiger partial charge in [-0.05, 0) is 67.8 Å². The number of thiophene rings is 1. The van der Waals surface area contributed by atoms with Gasteiger partial charge in [-0.15, -0.1) is 11.3 Å². The van der Waals surface area contributed by atoms with E-state index in [0.29, 0.717) is 17.0 Å². The van der Waals surface area contributed by atoms with Gasteiger partial charge in [0, 0.05) is 35.8 Å². The van der Waals surface area contributed by atoms with Crippen LogP contribution in [0.25, 0.3) is 0 Å². The number of halogens is 1. The maximum atomic E-state index is 13.5. The summed E-state index contributed by atoms with van der Waals surface area (Å²) in [5.41, 5.74) is 6.32. The van der Waals surface area contributed by atoms with Crippen LogP contribution in [0.4, 0.5) is 0 Å². The van der Waals surface area contributed by atoms with Crippen LogP contribution in [0.2, 0.25) is 5.02 Å². The second-order valence-corrected chi connectivity index (χ2v) is 11.9. The van der Waals surface area contributed by atoms with Crippen molar-refractivity contribution in [3.05, 3.63) is 52.4 Å². The third kappa shape index (κ3) is 5.25. The molecule has 33 heavy (non-hydrogen) atoms. The van der Waals surface area contributed by atoms with Crippen LogP contribution < -0.4 is 11.1 Å². The number of nitrogens with zero attached hydrogens (tertiary/aromatic N) is 2. The third-order valence-electron chi connectivity index (χ3n) is 6.11. The Hall–Kier alpha value is -1.98. The number of benzene rings is 1. The Balaban J connectivity index is 1.66. The second kappa shape index (κ2) is 10.1. The van der Waals surface area contributed by atoms with E-state index in [1.807, 2.05) is 0 Å². The van der Waals surface area contributed by atoms with Gasteiger partial charge in [-0.25, -0.2) is 8.42 Å². The van der Waals surface area contributed by atoms with E-state index in [1.165, 1.54) is 11.0 Å². The van der Waals surface area contributed by atoms with Gasteiger partial charge in [-0.3, -0.25) is 9.59 Å². The fourth-order valence-electron chi connectivity index (χ4n) is 4.36. The van der Waals surface area contributed by atoms with E-state index >= 15 is 0 Å². The number of carbonyl (C=O) groups is 2. The summed E-state index contributed by atoms with van der Waals surface area (Å²) in [4.78, 5) is 28.3. The molecule has 0 spiro atoms. The smallest absolute Gasteiger partial charge is 0.259 e. The molecule has 1 atom stereocenters. The molecular formula is C22H27ClN4O4S2. The quantitative estimate of drug-likeness (QED) is 0.642. The van der Waals surface area contributed by atoms with Gasteiger partial charge in [-0.2, -0.15) is 4.31 Å². The highest BCUT2D eigenvalue weighted by Gasteiger charge is 2.45. The average molecular weight is 511 g/mol. The summed E-state index contributed by atoms with van der Waals surface area (Å²) in [6.07, 6.45) is 2.18. The highest BCUT2D eigenvalue weighted by Crippen LogP contribution is 2.29. The number of hydrogen-bond acceptors (Lipinski definition) is 6. The van der Waals surface area contributed by atoms with Crippen LogP contribution in [0.3, 0.4) is 0 Å². The largest absolute Gasteiger partial charge is 0.350 e. The van der Waals surface area contributed by atoms with Gasteiger partial charge >= 0.3 is 0 Å². The second-order valence-electron chi connectivity index (χ2n) is 8.40. The van der Waals surface area contributed by atoms with Crippen molar-refractivity contribution < 1.29 is 18.0 Å². The maximum absolute atomic E-state index is 13.5. The minimum absolute atomic E-state index is 0.0991. The lowest BCUT2D eigenvalue weighted by molar-refractivity contribution is -0.132. The minimum Gasteiger partial charge on any atom is -0.350 e. The topological polar surface area (TPSA) is 113 Å². The zero-order valence-electron chi connectivity index (χ0n) is 18.0. The van der Waals surface area contributed by atoms with Gasteiger partial charge in [0.05, 0.1) is 0 Å². The number of nitrogens with one attached hydrogen (secondary N) is 1. The molecule has 8 nitrogen and oxygen atoms in total. The molecule has 2 aliphatic rings. The van der Waals surface area contributed by atoms with Gasteiger partial charge in [0.1, 0.15) is 4.21 Å². The molecule has 0 bridgehead atoms. The molecule has 1 aliphatic carbocycles. The van der Waals surface area contributed by atoms with E-state index in [9.17, 15) is 18.0 Å². The van der Waals surface area contributed by atoms with Crippen molar-refractivity contribution in [2.75, 3.05) is 13.1 Å². The first kappa shape index (κ1) is 24.2. The predicted octanol–water partition coefficient (Wildman–Crippen LogP) is 2.65. The molecule has 2 heterocycles. The molecule has 1 aromatic heterocycles. The number of rotatable bonds is 5. The molecule has 0 radical (unpaired) electrons. The summed E-state index contributed by atoms with van der Waals surface area (Å²) >= 11 is 7.04. The van der Waals surface area contributed by atoms with Crippen molar-refractivity contribution in [3.8, 4) is 0 Å². The Morgan fingerprint density at radius 2 is 1.76 bits per heavy atom. The van der Waals surface area contributed by atoms with Crippen LogP contribution in [0.15, 0.2) is 46.0 Å². The molecule has 1 aromatic carbocycles. The summed E-state index contributed by atoms with van der Waals surface area (Å²) in [6.45, 7) is 0.420. The molecule has 4 rings (SSSR count). The van der Waals surface area contributed by atoms with Crippen LogP contribution in [-0.4, -0.2) is 60.8 Å². The van der Waals surface area contributed by atoms with Gasteiger partial charge in [0.15, 0.2) is 6.17 Å². The van der Waals surface area contributed by atoms with Crippen LogP contribution in [-0.2, 0) is 14.8 Å². The van der Waals surface area contributed by atoms with E-state index in [1.54, 1.807) is 35.7 Å². The van der Waals surface area contributed by atoms with E-state index in [4.69, 9.17) is 17.3 Å². The average Bonchev–Trinajstić information content (AvgIpc) is 3.36. The van der Waals surface area contributed by atoms with E-state index < -0.39 is 28.0 Å². The minimum atomic E-state index is -3.96. The summed E-state index contributed by atoms with van der Waals surface area (Å²) < 4.78 is 28.2. The normalized spacial score (nSPS) is 24.4. The summed E-state index contributed by atoms with van der Waals surface area (Å²) in [5.74, 6) is -0.902. The first-order valence-corrected chi connectivity index (χ1v) is 13.6. The lowest BCUT2D eigenvalue weighted by Crippen LogP contribution is -2.64. The lowest BCUT2D eigenvalue weighted by Gasteiger charge is -2.42. The zero-order chi connectivity index (χ0) is 23.6. The fourth-order valence-corrected chi connectivity index (χ4v) is 7.20. The third-order valence-corrected chi connectivity index (χ3v) is 9.59. The van der Waals surface area contributed by atoms with Gasteiger partial charge in [0.2, 0.25) is 0 Å².